The molecule has 2 aliphatic rings. The van der Waals surface area contributed by atoms with Gasteiger partial charge in [0, 0.05) is 31.1 Å². The van der Waals surface area contributed by atoms with Gasteiger partial charge < -0.3 is 14.4 Å². The molecule has 3 heterocycles. The first-order valence-electron chi connectivity index (χ1n) is 8.06. The van der Waals surface area contributed by atoms with Gasteiger partial charge >= 0.3 is 0 Å². The molecule has 0 saturated carbocycles. The Bertz CT molecular complexity index is 898. The molecular weight excluding hydrogens is 346 g/mol. The van der Waals surface area contributed by atoms with Crippen LogP contribution in [0.1, 0.15) is 6.42 Å². The third-order valence-electron chi connectivity index (χ3n) is 4.39. The molecule has 0 unspecified atom stereocenters. The zero-order valence-electron chi connectivity index (χ0n) is 13.5. The number of fused-ring (bicyclic) bond motifs is 2. The molecule has 1 fully saturated rings. The molecule has 1 saturated heterocycles. The van der Waals surface area contributed by atoms with E-state index in [9.17, 15) is 8.42 Å². The molecule has 0 radical (unpaired) electrons. The number of ether oxygens (including phenoxy) is 2. The summed E-state index contributed by atoms with van der Waals surface area (Å²) in [5.41, 5.74) is 0.814. The van der Waals surface area contributed by atoms with Gasteiger partial charge in [-0.15, -0.1) is 0 Å². The second-order valence-electron chi connectivity index (χ2n) is 6.21. The van der Waals surface area contributed by atoms with Crippen LogP contribution < -0.4 is 24.2 Å². The fraction of sp³-hybridized carbons (Fsp3) is 0.467. The van der Waals surface area contributed by atoms with Crippen molar-refractivity contribution in [1.29, 1.82) is 0 Å². The highest BCUT2D eigenvalue weighted by Gasteiger charge is 2.29. The summed E-state index contributed by atoms with van der Waals surface area (Å²) in [6, 6.07) is 3.80. The molecule has 9 nitrogen and oxygen atoms in total. The number of hydrogen-bond donors (Lipinski definition) is 2. The fourth-order valence-electron chi connectivity index (χ4n) is 3.16. The first-order valence-corrected chi connectivity index (χ1v) is 9.61. The lowest BCUT2D eigenvalue weighted by molar-refractivity contribution is 0.172. The number of anilines is 1. The third kappa shape index (κ3) is 3.46. The van der Waals surface area contributed by atoms with E-state index in [0.717, 1.165) is 36.2 Å². The summed E-state index contributed by atoms with van der Waals surface area (Å²) >= 11 is 0. The van der Waals surface area contributed by atoms with Crippen molar-refractivity contribution in [2.24, 2.45) is 11.1 Å². The zero-order valence-corrected chi connectivity index (χ0v) is 14.3. The van der Waals surface area contributed by atoms with Gasteiger partial charge in [-0.2, -0.15) is 8.42 Å². The average Bonchev–Trinajstić information content (AvgIpc) is 2.54. The maximum atomic E-state index is 10.9. The van der Waals surface area contributed by atoms with Gasteiger partial charge in [0.2, 0.25) is 0 Å². The second-order valence-corrected chi connectivity index (χ2v) is 7.59. The highest BCUT2D eigenvalue weighted by molar-refractivity contribution is 7.87. The molecule has 4 rings (SSSR count). The van der Waals surface area contributed by atoms with E-state index < -0.39 is 10.2 Å². The van der Waals surface area contributed by atoms with E-state index in [4.69, 9.17) is 14.6 Å². The van der Waals surface area contributed by atoms with Crippen molar-refractivity contribution in [3.63, 3.8) is 0 Å². The van der Waals surface area contributed by atoms with Gasteiger partial charge in [-0.3, -0.25) is 0 Å². The van der Waals surface area contributed by atoms with Crippen molar-refractivity contribution in [2.45, 2.75) is 6.42 Å². The molecule has 1 aromatic carbocycles. The predicted molar refractivity (Wildman–Crippen MR) is 92.0 cm³/mol. The van der Waals surface area contributed by atoms with E-state index in [1.54, 1.807) is 6.33 Å². The minimum absolute atomic E-state index is 0.348. The lowest BCUT2D eigenvalue weighted by atomic mass is 9.96. The largest absolute Gasteiger partial charge is 0.486 e. The topological polar surface area (TPSA) is 120 Å². The molecule has 0 amide bonds. The smallest absolute Gasteiger partial charge is 0.274 e. The summed E-state index contributed by atoms with van der Waals surface area (Å²) in [7, 11) is -3.62. The van der Waals surface area contributed by atoms with Crippen molar-refractivity contribution in [1.82, 2.24) is 14.7 Å². The number of nitrogens with zero attached hydrogens (tertiary/aromatic N) is 3. The molecule has 1 aromatic heterocycles. The van der Waals surface area contributed by atoms with Crippen LogP contribution in [0.15, 0.2) is 18.5 Å². The van der Waals surface area contributed by atoms with Gasteiger partial charge in [0.15, 0.2) is 11.5 Å². The average molecular weight is 365 g/mol. The number of hydrogen-bond acceptors (Lipinski definition) is 7. The van der Waals surface area contributed by atoms with Gasteiger partial charge in [-0.05, 0) is 18.4 Å². The summed E-state index contributed by atoms with van der Waals surface area (Å²) in [6.45, 7) is 3.04. The Labute approximate surface area is 145 Å². The number of benzene rings is 1. The fourth-order valence-corrected chi connectivity index (χ4v) is 3.56. The number of nitrogens with two attached hydrogens (primary N) is 1. The monoisotopic (exact) mass is 365 g/mol. The van der Waals surface area contributed by atoms with Crippen molar-refractivity contribution in [2.75, 3.05) is 37.7 Å². The van der Waals surface area contributed by atoms with Crippen LogP contribution in [0.5, 0.6) is 11.5 Å². The van der Waals surface area contributed by atoms with Crippen LogP contribution in [0, 0.1) is 5.92 Å². The normalized spacial score (nSPS) is 17.6. The minimum Gasteiger partial charge on any atom is -0.486 e. The van der Waals surface area contributed by atoms with Crippen LogP contribution >= 0.6 is 0 Å². The minimum atomic E-state index is -3.62. The zero-order chi connectivity index (χ0) is 17.4. The Morgan fingerprint density at radius 2 is 1.92 bits per heavy atom. The molecular formula is C15H19N5O4S. The first kappa shape index (κ1) is 16.3. The lowest BCUT2D eigenvalue weighted by Crippen LogP contribution is -2.48. The first-order chi connectivity index (χ1) is 12.0. The quantitative estimate of drug-likeness (QED) is 0.766. The maximum Gasteiger partial charge on any atom is 0.274 e. The molecule has 134 valence electrons. The van der Waals surface area contributed by atoms with Crippen LogP contribution in [0.3, 0.4) is 0 Å². The van der Waals surface area contributed by atoms with Crippen LogP contribution in [0.2, 0.25) is 0 Å². The van der Waals surface area contributed by atoms with Gasteiger partial charge in [0.05, 0.1) is 5.52 Å². The van der Waals surface area contributed by atoms with Crippen molar-refractivity contribution >= 4 is 26.9 Å². The van der Waals surface area contributed by atoms with Crippen molar-refractivity contribution in [3.8, 4) is 11.5 Å². The Morgan fingerprint density at radius 1 is 1.20 bits per heavy atom. The van der Waals surface area contributed by atoms with E-state index in [0.29, 0.717) is 37.2 Å². The summed E-state index contributed by atoms with van der Waals surface area (Å²) < 4.78 is 35.3. The Hall–Kier alpha value is -2.17. The van der Waals surface area contributed by atoms with Crippen LogP contribution in [-0.2, 0) is 10.2 Å². The van der Waals surface area contributed by atoms with Gasteiger partial charge in [0.1, 0.15) is 25.4 Å². The second kappa shape index (κ2) is 6.28. The van der Waals surface area contributed by atoms with Crippen LogP contribution in [0.25, 0.3) is 10.9 Å². The van der Waals surface area contributed by atoms with E-state index in [1.165, 1.54) is 0 Å². The van der Waals surface area contributed by atoms with E-state index in [1.807, 2.05) is 12.1 Å². The molecule has 3 N–H and O–H groups in total. The SMILES string of the molecule is NS(=O)(=O)NCCC1CN(c2ncnc3cc4c(cc23)OCCO4)C1. The standard InChI is InChI=1S/C15H19N5O4S/c16-25(21,22)19-2-1-10-7-20(8-10)15-11-5-13-14(24-4-3-23-13)6-12(11)17-9-18-15/h5-6,9-10,19H,1-4,7-8H2,(H2,16,21,22). The highest BCUT2D eigenvalue weighted by Crippen LogP contribution is 2.38. The molecule has 0 spiro atoms. The molecule has 2 aliphatic heterocycles. The summed E-state index contributed by atoms with van der Waals surface area (Å²) in [6.07, 6.45) is 2.28. The molecule has 0 bridgehead atoms. The molecule has 10 heteroatoms. The van der Waals surface area contributed by atoms with Gasteiger partial charge in [0.25, 0.3) is 10.2 Å². The number of nitrogens with one attached hydrogen (secondary N) is 1. The summed E-state index contributed by atoms with van der Waals surface area (Å²) in [5, 5.41) is 5.85. The predicted octanol–water partition coefficient (Wildman–Crippen LogP) is 0.0204. The van der Waals surface area contributed by atoms with Gasteiger partial charge in [-0.25, -0.2) is 19.8 Å². The summed E-state index contributed by atoms with van der Waals surface area (Å²) in [5.74, 6) is 2.68. The van der Waals surface area contributed by atoms with Crippen LogP contribution in [0.4, 0.5) is 5.82 Å². The van der Waals surface area contributed by atoms with Crippen molar-refractivity contribution in [3.05, 3.63) is 18.5 Å². The molecule has 0 atom stereocenters. The van der Waals surface area contributed by atoms with Crippen molar-refractivity contribution < 1.29 is 17.9 Å². The lowest BCUT2D eigenvalue weighted by Gasteiger charge is -2.40. The number of rotatable bonds is 5. The van der Waals surface area contributed by atoms with E-state index in [-0.39, 0.29) is 0 Å². The Kier molecular flexibility index (Phi) is 4.10. The third-order valence-corrected chi connectivity index (χ3v) is 5.00. The Morgan fingerprint density at radius 3 is 2.64 bits per heavy atom. The van der Waals surface area contributed by atoms with E-state index >= 15 is 0 Å². The van der Waals surface area contributed by atoms with Gasteiger partial charge in [-0.1, -0.05) is 0 Å². The highest BCUT2D eigenvalue weighted by atomic mass is 32.2. The molecule has 25 heavy (non-hydrogen) atoms. The summed E-state index contributed by atoms with van der Waals surface area (Å²) in [4.78, 5) is 10.9. The molecule has 0 aliphatic carbocycles. The number of aromatic nitrogens is 2. The molecule has 2 aromatic rings. The van der Waals surface area contributed by atoms with E-state index in [2.05, 4.69) is 19.6 Å². The van der Waals surface area contributed by atoms with Crippen LogP contribution in [-0.4, -0.2) is 51.2 Å². The maximum absolute atomic E-state index is 10.9. The Balaban J connectivity index is 1.47.